The molecule has 2 heteroatoms. The van der Waals surface area contributed by atoms with Crippen LogP contribution < -0.4 is 4.74 Å². The van der Waals surface area contributed by atoms with E-state index in [0.717, 1.165) is 22.1 Å². The molecule has 0 saturated heterocycles. The standard InChI is InChI=1S/C19H20O2/c1-21-17-11-10-16(12-6-2-3-7-13(12)17)19(20)18-14-8-4-5-9-15(14)18/h2-3,6-7,10-11,14-15,18H,4-5,8-9H2,1H3. The van der Waals surface area contributed by atoms with Gasteiger partial charge in [-0.3, -0.25) is 4.79 Å². The van der Waals surface area contributed by atoms with Gasteiger partial charge in [-0.2, -0.15) is 0 Å². The predicted octanol–water partition coefficient (Wildman–Crippen LogP) is 4.47. The third-order valence-electron chi connectivity index (χ3n) is 5.33. The molecule has 0 amide bonds. The van der Waals surface area contributed by atoms with Crippen molar-refractivity contribution < 1.29 is 9.53 Å². The molecule has 2 aromatic carbocycles. The first-order chi connectivity index (χ1) is 10.3. The Labute approximate surface area is 125 Å². The number of rotatable bonds is 3. The largest absolute Gasteiger partial charge is 0.496 e. The number of methoxy groups -OCH3 is 1. The zero-order chi connectivity index (χ0) is 14.4. The molecule has 2 saturated carbocycles. The summed E-state index contributed by atoms with van der Waals surface area (Å²) < 4.78 is 5.42. The molecule has 0 aliphatic heterocycles. The van der Waals surface area contributed by atoms with E-state index in [1.807, 2.05) is 36.4 Å². The maximum atomic E-state index is 12.9. The molecule has 4 rings (SSSR count). The van der Waals surface area contributed by atoms with Crippen molar-refractivity contribution in [2.75, 3.05) is 7.11 Å². The van der Waals surface area contributed by atoms with Crippen LogP contribution >= 0.6 is 0 Å². The van der Waals surface area contributed by atoms with Gasteiger partial charge in [0, 0.05) is 16.9 Å². The molecular weight excluding hydrogens is 260 g/mol. The first-order valence-corrected chi connectivity index (χ1v) is 7.91. The molecule has 108 valence electrons. The Hall–Kier alpha value is -1.83. The van der Waals surface area contributed by atoms with Crippen LogP contribution in [-0.2, 0) is 0 Å². The topological polar surface area (TPSA) is 26.3 Å². The van der Waals surface area contributed by atoms with Crippen molar-refractivity contribution in [1.82, 2.24) is 0 Å². The average Bonchev–Trinajstić information content (AvgIpc) is 3.27. The minimum absolute atomic E-state index is 0.282. The fourth-order valence-corrected chi connectivity index (χ4v) is 4.23. The monoisotopic (exact) mass is 280 g/mol. The van der Waals surface area contributed by atoms with Gasteiger partial charge in [-0.05, 0) is 42.2 Å². The molecule has 2 nitrogen and oxygen atoms in total. The van der Waals surface area contributed by atoms with E-state index in [-0.39, 0.29) is 5.92 Å². The van der Waals surface area contributed by atoms with Gasteiger partial charge < -0.3 is 4.74 Å². The van der Waals surface area contributed by atoms with Gasteiger partial charge in [0.2, 0.25) is 0 Å². The lowest BCUT2D eigenvalue weighted by Crippen LogP contribution is -2.05. The summed E-state index contributed by atoms with van der Waals surface area (Å²) in [5.74, 6) is 2.80. The molecule has 0 spiro atoms. The molecular formula is C19H20O2. The zero-order valence-corrected chi connectivity index (χ0v) is 12.3. The van der Waals surface area contributed by atoms with Gasteiger partial charge in [0.1, 0.15) is 5.75 Å². The number of carbonyl (C=O) groups excluding carboxylic acids is 1. The molecule has 2 fully saturated rings. The average molecular weight is 280 g/mol. The Morgan fingerprint density at radius 2 is 1.67 bits per heavy atom. The van der Waals surface area contributed by atoms with Crippen molar-refractivity contribution >= 4 is 16.6 Å². The third kappa shape index (κ3) is 1.97. The van der Waals surface area contributed by atoms with E-state index in [2.05, 4.69) is 0 Å². The van der Waals surface area contributed by atoms with Crippen LogP contribution in [0.3, 0.4) is 0 Å². The van der Waals surface area contributed by atoms with E-state index in [1.54, 1.807) is 7.11 Å². The molecule has 0 aromatic heterocycles. The fraction of sp³-hybridized carbons (Fsp3) is 0.421. The van der Waals surface area contributed by atoms with Crippen molar-refractivity contribution in [3.63, 3.8) is 0 Å². The maximum Gasteiger partial charge on any atom is 0.167 e. The number of Topliss-reactive ketones (excluding diaryl/α,β-unsaturated/α-hetero) is 1. The fourth-order valence-electron chi connectivity index (χ4n) is 4.23. The van der Waals surface area contributed by atoms with Crippen LogP contribution in [0.2, 0.25) is 0 Å². The van der Waals surface area contributed by atoms with E-state index in [1.165, 1.54) is 25.7 Å². The lowest BCUT2D eigenvalue weighted by Gasteiger charge is -2.09. The maximum absolute atomic E-state index is 12.9. The Morgan fingerprint density at radius 1 is 1.00 bits per heavy atom. The van der Waals surface area contributed by atoms with E-state index in [4.69, 9.17) is 4.74 Å². The first-order valence-electron chi connectivity index (χ1n) is 7.91. The van der Waals surface area contributed by atoms with E-state index < -0.39 is 0 Å². The van der Waals surface area contributed by atoms with E-state index in [9.17, 15) is 4.79 Å². The van der Waals surface area contributed by atoms with Gasteiger partial charge in [-0.1, -0.05) is 37.1 Å². The molecule has 0 N–H and O–H groups in total. The number of ether oxygens (including phenoxy) is 1. The van der Waals surface area contributed by atoms with E-state index in [0.29, 0.717) is 17.6 Å². The van der Waals surface area contributed by atoms with Crippen LogP contribution in [0.1, 0.15) is 36.0 Å². The second-order valence-corrected chi connectivity index (χ2v) is 6.36. The van der Waals surface area contributed by atoms with Gasteiger partial charge in [0.05, 0.1) is 7.11 Å². The Bertz CT molecular complexity index is 692. The molecule has 21 heavy (non-hydrogen) atoms. The lowest BCUT2D eigenvalue weighted by molar-refractivity contribution is 0.0958. The summed E-state index contributed by atoms with van der Waals surface area (Å²) in [5, 5.41) is 2.07. The SMILES string of the molecule is COc1ccc(C(=O)C2C3CCCCC32)c2ccccc12. The van der Waals surface area contributed by atoms with Crippen molar-refractivity contribution in [3.8, 4) is 5.75 Å². The van der Waals surface area contributed by atoms with Gasteiger partial charge in [0.25, 0.3) is 0 Å². The third-order valence-corrected chi connectivity index (χ3v) is 5.33. The Kier molecular flexibility index (Phi) is 2.99. The summed E-state index contributed by atoms with van der Waals surface area (Å²) in [6, 6.07) is 12.0. The zero-order valence-electron chi connectivity index (χ0n) is 12.3. The number of fused-ring (bicyclic) bond motifs is 2. The summed E-state index contributed by atoms with van der Waals surface area (Å²) >= 11 is 0. The second-order valence-electron chi connectivity index (χ2n) is 6.36. The van der Waals surface area contributed by atoms with Gasteiger partial charge >= 0.3 is 0 Å². The number of benzene rings is 2. The highest BCUT2D eigenvalue weighted by atomic mass is 16.5. The quantitative estimate of drug-likeness (QED) is 0.775. The van der Waals surface area contributed by atoms with Crippen LogP contribution in [0.15, 0.2) is 36.4 Å². The first kappa shape index (κ1) is 12.9. The summed E-state index contributed by atoms with van der Waals surface area (Å²) in [6.45, 7) is 0. The molecule has 0 bridgehead atoms. The number of ketones is 1. The second kappa shape index (κ2) is 4.87. The van der Waals surface area contributed by atoms with Crippen molar-refractivity contribution in [2.24, 2.45) is 17.8 Å². The van der Waals surface area contributed by atoms with Gasteiger partial charge in [0.15, 0.2) is 5.78 Å². The van der Waals surface area contributed by atoms with E-state index >= 15 is 0 Å². The van der Waals surface area contributed by atoms with Crippen molar-refractivity contribution in [1.29, 1.82) is 0 Å². The molecule has 2 atom stereocenters. The Balaban J connectivity index is 1.75. The lowest BCUT2D eigenvalue weighted by atomic mass is 9.97. The molecule has 2 aromatic rings. The van der Waals surface area contributed by atoms with Gasteiger partial charge in [-0.25, -0.2) is 0 Å². The summed E-state index contributed by atoms with van der Waals surface area (Å²) in [6.07, 6.45) is 5.09. The van der Waals surface area contributed by atoms with Crippen molar-refractivity contribution in [2.45, 2.75) is 25.7 Å². The number of hydrogen-bond donors (Lipinski definition) is 0. The molecule has 2 aliphatic rings. The minimum Gasteiger partial charge on any atom is -0.496 e. The summed E-state index contributed by atoms with van der Waals surface area (Å²) in [4.78, 5) is 12.9. The summed E-state index contributed by atoms with van der Waals surface area (Å²) in [5.41, 5.74) is 0.880. The number of carbonyl (C=O) groups is 1. The summed E-state index contributed by atoms with van der Waals surface area (Å²) in [7, 11) is 1.68. The van der Waals surface area contributed by atoms with Crippen LogP contribution in [0.5, 0.6) is 5.75 Å². The molecule has 0 radical (unpaired) electrons. The van der Waals surface area contributed by atoms with Crippen LogP contribution in [0, 0.1) is 17.8 Å². The highest BCUT2D eigenvalue weighted by Crippen LogP contribution is 2.56. The minimum atomic E-state index is 0.282. The Morgan fingerprint density at radius 3 is 2.33 bits per heavy atom. The predicted molar refractivity (Wildman–Crippen MR) is 83.8 cm³/mol. The molecule has 2 unspecified atom stereocenters. The van der Waals surface area contributed by atoms with Gasteiger partial charge in [-0.15, -0.1) is 0 Å². The molecule has 2 aliphatic carbocycles. The smallest absolute Gasteiger partial charge is 0.167 e. The van der Waals surface area contributed by atoms with Crippen LogP contribution in [0.25, 0.3) is 10.8 Å². The van der Waals surface area contributed by atoms with Crippen molar-refractivity contribution in [3.05, 3.63) is 42.0 Å². The van der Waals surface area contributed by atoms with Crippen LogP contribution in [-0.4, -0.2) is 12.9 Å². The normalized spacial score (nSPS) is 27.2. The molecule has 0 heterocycles. The highest BCUT2D eigenvalue weighted by molar-refractivity contribution is 6.11. The van der Waals surface area contributed by atoms with Crippen LogP contribution in [0.4, 0.5) is 0 Å². The highest BCUT2D eigenvalue weighted by Gasteiger charge is 2.54. The number of hydrogen-bond acceptors (Lipinski definition) is 2.